The number of non-ortho nitro benzene ring substituents is 2. The molecule has 0 heterocycles. The molecule has 1 aliphatic carbocycles. The molecular weight excluding hydrogens is 965 g/mol. The molecule has 392 valence electrons. The third kappa shape index (κ3) is 13.5. The molecule has 0 radical (unpaired) electrons. The Labute approximate surface area is 449 Å². The van der Waals surface area contributed by atoms with Gasteiger partial charge in [-0.05, 0) is 124 Å². The molecule has 0 fully saturated rings. The van der Waals surface area contributed by atoms with Crippen molar-refractivity contribution in [2.24, 2.45) is 0 Å². The Hall–Kier alpha value is -5.98. The fourth-order valence-corrected chi connectivity index (χ4v) is 9.58. The standard InChI is InChI=1S/C62H74N2O8S2/c1-59(2,3)49-29-41-25-45-33-51(61(7,8)9)35-47(57(45)71-37-39-13-17-53(18-14-39)63(65)66)27-43-31-50(60(4,5)6)32-44(56(43)70-22-24-74)28-48-36-52(62(10,11)12)34-46(26-42(30-49)55(41)69-21-23-73)58(48)72-38-40-15-19-54(20-16-40)64(67)68/h13-20,29-36,73-74H,21-28,37-38H2,1-12H3. The van der Waals surface area contributed by atoms with Crippen molar-refractivity contribution in [3.63, 3.8) is 0 Å². The van der Waals surface area contributed by atoms with Crippen molar-refractivity contribution in [3.05, 3.63) is 195 Å². The summed E-state index contributed by atoms with van der Waals surface area (Å²) >= 11 is 9.30. The summed E-state index contributed by atoms with van der Waals surface area (Å²) in [6, 6.07) is 31.4. The lowest BCUT2D eigenvalue weighted by Crippen LogP contribution is -2.18. The summed E-state index contributed by atoms with van der Waals surface area (Å²) in [5.41, 5.74) is 13.3. The van der Waals surface area contributed by atoms with Crippen LogP contribution in [-0.2, 0) is 60.6 Å². The highest BCUT2D eigenvalue weighted by Crippen LogP contribution is 2.45. The van der Waals surface area contributed by atoms with Crippen LogP contribution in [-0.4, -0.2) is 34.6 Å². The largest absolute Gasteiger partial charge is 0.492 e. The fraction of sp³-hybridized carbons (Fsp3) is 0.419. The molecule has 10 nitrogen and oxygen atoms in total. The van der Waals surface area contributed by atoms with E-state index in [-0.39, 0.29) is 56.1 Å². The number of hydrogen-bond acceptors (Lipinski definition) is 10. The van der Waals surface area contributed by atoms with Crippen molar-refractivity contribution in [3.8, 4) is 23.0 Å². The van der Waals surface area contributed by atoms with Crippen LogP contribution in [0.15, 0.2) is 97.1 Å². The first-order chi connectivity index (χ1) is 34.7. The molecule has 0 saturated carbocycles. The van der Waals surface area contributed by atoms with Crippen LogP contribution in [0.25, 0.3) is 0 Å². The monoisotopic (exact) mass is 1040 g/mol. The quantitative estimate of drug-likeness (QED) is 0.0627. The highest BCUT2D eigenvalue weighted by atomic mass is 32.1. The summed E-state index contributed by atoms with van der Waals surface area (Å²) in [7, 11) is 0. The van der Waals surface area contributed by atoms with Gasteiger partial charge in [-0.3, -0.25) is 20.2 Å². The van der Waals surface area contributed by atoms with E-state index in [1.54, 1.807) is 24.3 Å². The zero-order valence-electron chi connectivity index (χ0n) is 45.4. The lowest BCUT2D eigenvalue weighted by Gasteiger charge is -2.29. The predicted molar refractivity (Wildman–Crippen MR) is 305 cm³/mol. The average molecular weight is 1040 g/mol. The van der Waals surface area contributed by atoms with E-state index in [1.807, 2.05) is 0 Å². The molecule has 0 spiro atoms. The molecule has 12 heteroatoms. The molecule has 6 aromatic carbocycles. The molecule has 6 aromatic rings. The zero-order valence-corrected chi connectivity index (χ0v) is 47.2. The van der Waals surface area contributed by atoms with E-state index in [4.69, 9.17) is 18.9 Å². The fourth-order valence-electron chi connectivity index (χ4n) is 9.40. The van der Waals surface area contributed by atoms with Gasteiger partial charge in [0.25, 0.3) is 11.4 Å². The molecule has 0 N–H and O–H groups in total. The summed E-state index contributed by atoms with van der Waals surface area (Å²) in [6.45, 7) is 27.9. The first-order valence-corrected chi connectivity index (χ1v) is 26.8. The summed E-state index contributed by atoms with van der Waals surface area (Å²) in [6.07, 6.45) is 1.88. The first-order valence-electron chi connectivity index (χ1n) is 25.6. The van der Waals surface area contributed by atoms with Gasteiger partial charge >= 0.3 is 0 Å². The van der Waals surface area contributed by atoms with Gasteiger partial charge in [0.2, 0.25) is 0 Å². The Morgan fingerprint density at radius 3 is 0.797 bits per heavy atom. The van der Waals surface area contributed by atoms with Crippen LogP contribution in [0.4, 0.5) is 11.4 Å². The van der Waals surface area contributed by atoms with Gasteiger partial charge in [-0.2, -0.15) is 25.3 Å². The van der Waals surface area contributed by atoms with Gasteiger partial charge in [-0.15, -0.1) is 0 Å². The third-order valence-electron chi connectivity index (χ3n) is 13.7. The molecule has 0 saturated heterocycles. The summed E-state index contributed by atoms with van der Waals surface area (Å²) in [5.74, 6) is 4.08. The van der Waals surface area contributed by atoms with E-state index in [2.05, 4.69) is 157 Å². The van der Waals surface area contributed by atoms with E-state index in [1.165, 1.54) is 24.3 Å². The van der Waals surface area contributed by atoms with Crippen molar-refractivity contribution < 1.29 is 28.8 Å². The number of thiol groups is 2. The van der Waals surface area contributed by atoms with E-state index >= 15 is 0 Å². The number of nitro groups is 2. The summed E-state index contributed by atoms with van der Waals surface area (Å²) < 4.78 is 28.0. The minimum absolute atomic E-state index is 0.0216. The molecule has 8 bridgehead atoms. The van der Waals surface area contributed by atoms with Crippen LogP contribution in [0.5, 0.6) is 23.0 Å². The molecular formula is C62H74N2O8S2. The Morgan fingerprint density at radius 2 is 0.608 bits per heavy atom. The normalized spacial score (nSPS) is 13.1. The summed E-state index contributed by atoms with van der Waals surface area (Å²) in [4.78, 5) is 22.6. The van der Waals surface area contributed by atoms with Crippen molar-refractivity contribution in [1.82, 2.24) is 0 Å². The minimum Gasteiger partial charge on any atom is -0.492 e. The topological polar surface area (TPSA) is 123 Å². The second-order valence-electron chi connectivity index (χ2n) is 23.8. The number of fused-ring (bicyclic) bond motifs is 8. The molecule has 74 heavy (non-hydrogen) atoms. The minimum atomic E-state index is -0.387. The van der Waals surface area contributed by atoms with Crippen molar-refractivity contribution in [2.75, 3.05) is 24.7 Å². The van der Waals surface area contributed by atoms with Gasteiger partial charge in [-0.1, -0.05) is 132 Å². The first kappa shape index (κ1) is 55.8. The number of nitrogens with zero attached hydrogens (tertiary/aromatic N) is 2. The Bertz CT molecular complexity index is 2710. The highest BCUT2D eigenvalue weighted by molar-refractivity contribution is 7.80. The number of rotatable bonds is 14. The van der Waals surface area contributed by atoms with Crippen molar-refractivity contribution in [1.29, 1.82) is 0 Å². The highest BCUT2D eigenvalue weighted by Gasteiger charge is 2.30. The Kier molecular flexibility index (Phi) is 16.9. The molecule has 0 aliphatic heterocycles. The molecule has 0 unspecified atom stereocenters. The van der Waals surface area contributed by atoms with Crippen LogP contribution in [0.1, 0.15) is 161 Å². The van der Waals surface area contributed by atoms with E-state index in [9.17, 15) is 20.2 Å². The number of hydrogen-bond donors (Lipinski definition) is 2. The maximum Gasteiger partial charge on any atom is 0.269 e. The van der Waals surface area contributed by atoms with Crippen molar-refractivity contribution in [2.45, 2.75) is 144 Å². The molecule has 1 aliphatic rings. The van der Waals surface area contributed by atoms with Gasteiger partial charge in [0, 0.05) is 61.5 Å². The van der Waals surface area contributed by atoms with Gasteiger partial charge in [0.05, 0.1) is 23.1 Å². The number of ether oxygens (including phenoxy) is 4. The maximum absolute atomic E-state index is 11.7. The van der Waals surface area contributed by atoms with Crippen LogP contribution in [0, 0.1) is 20.2 Å². The summed E-state index contributed by atoms with van der Waals surface area (Å²) in [5, 5.41) is 23.3. The van der Waals surface area contributed by atoms with Crippen LogP contribution in [0.2, 0.25) is 0 Å². The lowest BCUT2D eigenvalue weighted by atomic mass is 9.79. The molecule has 0 amide bonds. The second kappa shape index (κ2) is 22.5. The SMILES string of the molecule is CC(C)(C)c1cc2c(OCCS)c(c1)Cc1cc(C(C)(C)C)cc(c1OCc1ccc([N+](=O)[O-])cc1)Cc1cc(C(C)(C)C)cc(c1OCCS)Cc1cc(C(C)(C)C)cc(c1OCc1ccc([N+](=O)[O-])cc1)C2. The van der Waals surface area contributed by atoms with Gasteiger partial charge in [0.15, 0.2) is 0 Å². The lowest BCUT2D eigenvalue weighted by molar-refractivity contribution is -0.385. The average Bonchev–Trinajstić information content (AvgIpc) is 3.31. The second-order valence-corrected chi connectivity index (χ2v) is 24.7. The van der Waals surface area contributed by atoms with E-state index < -0.39 is 0 Å². The van der Waals surface area contributed by atoms with E-state index in [0.717, 1.165) is 101 Å². The van der Waals surface area contributed by atoms with Crippen LogP contribution >= 0.6 is 25.3 Å². The number of nitro benzene ring substituents is 2. The van der Waals surface area contributed by atoms with E-state index in [0.29, 0.717) is 50.4 Å². The molecule has 7 rings (SSSR count). The number of benzene rings is 6. The van der Waals surface area contributed by atoms with Gasteiger partial charge in [-0.25, -0.2) is 0 Å². The third-order valence-corrected chi connectivity index (χ3v) is 14.1. The van der Waals surface area contributed by atoms with Crippen LogP contribution in [0.3, 0.4) is 0 Å². The molecule has 0 atom stereocenters. The van der Waals surface area contributed by atoms with Gasteiger partial charge < -0.3 is 18.9 Å². The zero-order chi connectivity index (χ0) is 53.9. The Morgan fingerprint density at radius 1 is 0.392 bits per heavy atom. The van der Waals surface area contributed by atoms with Crippen molar-refractivity contribution >= 4 is 36.6 Å². The smallest absolute Gasteiger partial charge is 0.269 e. The Balaban J connectivity index is 1.59. The maximum atomic E-state index is 11.7. The van der Waals surface area contributed by atoms with Crippen LogP contribution < -0.4 is 18.9 Å². The molecule has 0 aromatic heterocycles. The predicted octanol–water partition coefficient (Wildman–Crippen LogP) is 15.1. The van der Waals surface area contributed by atoms with Gasteiger partial charge in [0.1, 0.15) is 36.2 Å².